The van der Waals surface area contributed by atoms with Gasteiger partial charge in [-0.15, -0.1) is 0 Å². The third-order valence-electron chi connectivity index (χ3n) is 12.8. The topological polar surface area (TPSA) is 110 Å². The Bertz CT molecular complexity index is 2990. The number of nitrogens with zero attached hydrogens (tertiary/aromatic N) is 3. The molecule has 304 valence electrons. The summed E-state index contributed by atoms with van der Waals surface area (Å²) in [7, 11) is 0. The molecule has 0 fully saturated rings. The highest BCUT2D eigenvalue weighted by atomic mass is 16.3. The van der Waals surface area contributed by atoms with E-state index in [-0.39, 0.29) is 33.4 Å². The Morgan fingerprint density at radius 1 is 0.552 bits per heavy atom. The van der Waals surface area contributed by atoms with Crippen molar-refractivity contribution >= 4 is 75.9 Å². The molecule has 0 atom stereocenters. The molecule has 58 heavy (non-hydrogen) atoms. The Morgan fingerprint density at radius 3 is 1.66 bits per heavy atom. The van der Waals surface area contributed by atoms with Crippen molar-refractivity contribution < 1.29 is 5.11 Å². The molecule has 4 aromatic carbocycles. The number of fused-ring (bicyclic) bond motifs is 10. The standard InChI is InChI=1S/C50H60N4O4/c1-9-11-13-15-17-19-25-53-45(55)39-35-31-27-29(49(3,4)5)21-23-33(31)51-43(35)41-38-37(39)40(46(53)56)36-32-28-30(50(6,7)8)22-24-34(32)52-44(36)42(38)48(58)54(47(41)57)26-20-18-16-14-12-10-2/h21-24,27-28,51,58H,9-20,25-26H2,1-8H3. The van der Waals surface area contributed by atoms with Gasteiger partial charge in [-0.2, -0.15) is 0 Å². The van der Waals surface area contributed by atoms with E-state index in [0.717, 1.165) is 85.2 Å². The minimum Gasteiger partial charge on any atom is -0.494 e. The summed E-state index contributed by atoms with van der Waals surface area (Å²) < 4.78 is 2.97. The highest BCUT2D eigenvalue weighted by Gasteiger charge is 2.31. The normalized spacial score (nSPS) is 13.0. The van der Waals surface area contributed by atoms with E-state index in [2.05, 4.69) is 84.6 Å². The van der Waals surface area contributed by atoms with Crippen LogP contribution in [0.5, 0.6) is 5.88 Å². The van der Waals surface area contributed by atoms with Crippen LogP contribution in [0.2, 0.25) is 0 Å². The number of aromatic amines is 1. The third kappa shape index (κ3) is 6.42. The van der Waals surface area contributed by atoms with Gasteiger partial charge in [-0.1, -0.05) is 132 Å². The van der Waals surface area contributed by atoms with Gasteiger partial charge in [0, 0.05) is 50.9 Å². The van der Waals surface area contributed by atoms with Crippen molar-refractivity contribution in [3.05, 3.63) is 78.6 Å². The van der Waals surface area contributed by atoms with E-state index in [4.69, 9.17) is 4.98 Å². The molecular weight excluding hydrogens is 721 g/mol. The van der Waals surface area contributed by atoms with Crippen LogP contribution in [0.3, 0.4) is 0 Å². The summed E-state index contributed by atoms with van der Waals surface area (Å²) in [5.74, 6) is -0.160. The predicted octanol–water partition coefficient (Wildman–Crippen LogP) is 12.1. The van der Waals surface area contributed by atoms with Crippen molar-refractivity contribution in [3.63, 3.8) is 0 Å². The van der Waals surface area contributed by atoms with Crippen LogP contribution in [0.25, 0.3) is 75.9 Å². The molecule has 0 aliphatic heterocycles. The predicted molar refractivity (Wildman–Crippen MR) is 244 cm³/mol. The van der Waals surface area contributed by atoms with Crippen LogP contribution in [-0.2, 0) is 23.9 Å². The molecule has 0 bridgehead atoms. The summed E-state index contributed by atoms with van der Waals surface area (Å²) in [4.78, 5) is 54.4. The number of hydrogen-bond acceptors (Lipinski definition) is 5. The van der Waals surface area contributed by atoms with Crippen LogP contribution >= 0.6 is 0 Å². The van der Waals surface area contributed by atoms with E-state index in [1.54, 1.807) is 0 Å². The maximum absolute atomic E-state index is 15.3. The molecule has 0 radical (unpaired) electrons. The minimum atomic E-state index is -0.361. The molecule has 8 nitrogen and oxygen atoms in total. The van der Waals surface area contributed by atoms with Gasteiger partial charge in [0.1, 0.15) is 0 Å². The fraction of sp³-hybridized carbons (Fsp3) is 0.480. The van der Waals surface area contributed by atoms with Crippen molar-refractivity contribution in [2.24, 2.45) is 0 Å². The number of benzene rings is 4. The second kappa shape index (κ2) is 15.0. The second-order valence-corrected chi connectivity index (χ2v) is 19.0. The van der Waals surface area contributed by atoms with Crippen molar-refractivity contribution in [2.75, 3.05) is 0 Å². The molecule has 0 spiro atoms. The number of H-pyrrole nitrogens is 1. The molecule has 0 saturated heterocycles. The molecule has 4 aromatic heterocycles. The lowest BCUT2D eigenvalue weighted by Gasteiger charge is -2.20. The first kappa shape index (κ1) is 39.8. The van der Waals surface area contributed by atoms with Crippen molar-refractivity contribution in [1.82, 2.24) is 19.1 Å². The Kier molecular flexibility index (Phi) is 10.3. The molecule has 0 amide bonds. The molecule has 8 heteroatoms. The zero-order valence-electron chi connectivity index (χ0n) is 35.9. The van der Waals surface area contributed by atoms with Crippen LogP contribution < -0.4 is 16.7 Å². The third-order valence-corrected chi connectivity index (χ3v) is 12.8. The number of unbranched alkanes of at least 4 members (excludes halogenated alkanes) is 10. The van der Waals surface area contributed by atoms with Gasteiger partial charge >= 0.3 is 0 Å². The molecule has 2 N–H and O–H groups in total. The summed E-state index contributed by atoms with van der Waals surface area (Å²) >= 11 is 0. The molecule has 4 heterocycles. The first-order valence-electron chi connectivity index (χ1n) is 22.0. The van der Waals surface area contributed by atoms with E-state index in [1.165, 1.54) is 22.0 Å². The van der Waals surface area contributed by atoms with Crippen LogP contribution in [0.15, 0.2) is 50.8 Å². The van der Waals surface area contributed by atoms with Gasteiger partial charge in [0.05, 0.1) is 38.1 Å². The average Bonchev–Trinajstić information content (AvgIpc) is 3.74. The van der Waals surface area contributed by atoms with E-state index in [1.807, 2.05) is 12.1 Å². The fourth-order valence-corrected chi connectivity index (χ4v) is 9.49. The molecule has 8 rings (SSSR count). The number of pyridine rings is 2. The quantitative estimate of drug-likeness (QED) is 0.0843. The van der Waals surface area contributed by atoms with E-state index in [9.17, 15) is 5.11 Å². The summed E-state index contributed by atoms with van der Waals surface area (Å²) in [5, 5.41) is 17.9. The van der Waals surface area contributed by atoms with Crippen molar-refractivity contribution in [2.45, 2.75) is 156 Å². The lowest BCUT2D eigenvalue weighted by atomic mass is 9.85. The Hall–Kier alpha value is -4.98. The number of aromatic hydroxyl groups is 1. The molecular formula is C50H60N4O4. The zero-order chi connectivity index (χ0) is 41.3. The Labute approximate surface area is 339 Å². The SMILES string of the molecule is CCCCCCCCn1c(O)c2c3nc4ccc(C(C)(C)C)cc4c3c3c(=O)n(CCCCCCCC)c(=O)c4c5c6cc(C(C)(C)C)ccc6[nH]c5c(c1=O)c2c34. The molecule has 0 aliphatic rings. The van der Waals surface area contributed by atoms with Crippen molar-refractivity contribution in [3.8, 4) is 5.88 Å². The second-order valence-electron chi connectivity index (χ2n) is 19.0. The lowest BCUT2D eigenvalue weighted by Crippen LogP contribution is -2.34. The van der Waals surface area contributed by atoms with Gasteiger partial charge in [-0.3, -0.25) is 23.5 Å². The largest absolute Gasteiger partial charge is 0.494 e. The monoisotopic (exact) mass is 780 g/mol. The van der Waals surface area contributed by atoms with Gasteiger partial charge in [0.15, 0.2) is 0 Å². The smallest absolute Gasteiger partial charge is 0.263 e. The molecule has 8 aromatic rings. The van der Waals surface area contributed by atoms with Crippen molar-refractivity contribution in [1.29, 1.82) is 0 Å². The van der Waals surface area contributed by atoms with Gasteiger partial charge in [0.25, 0.3) is 16.7 Å². The van der Waals surface area contributed by atoms with Gasteiger partial charge < -0.3 is 10.1 Å². The summed E-state index contributed by atoms with van der Waals surface area (Å²) in [6.07, 6.45) is 12.3. The van der Waals surface area contributed by atoms with E-state index < -0.39 is 0 Å². The van der Waals surface area contributed by atoms with Crippen LogP contribution in [-0.4, -0.2) is 24.2 Å². The summed E-state index contributed by atoms with van der Waals surface area (Å²) in [6.45, 7) is 18.0. The van der Waals surface area contributed by atoms with Gasteiger partial charge in [-0.25, -0.2) is 4.98 Å². The van der Waals surface area contributed by atoms with E-state index in [0.29, 0.717) is 79.2 Å². The number of nitrogens with one attached hydrogen (secondary N) is 1. The number of aromatic nitrogens is 4. The maximum atomic E-state index is 15.3. The lowest BCUT2D eigenvalue weighted by molar-refractivity contribution is 0.406. The van der Waals surface area contributed by atoms with Crippen LogP contribution in [0, 0.1) is 0 Å². The molecule has 0 saturated carbocycles. The minimum absolute atomic E-state index is 0.160. The first-order valence-corrected chi connectivity index (χ1v) is 22.0. The Balaban J connectivity index is 1.57. The number of rotatable bonds is 14. The maximum Gasteiger partial charge on any atom is 0.263 e. The fourth-order valence-electron chi connectivity index (χ4n) is 9.49. The molecule has 0 aliphatic carbocycles. The highest BCUT2D eigenvalue weighted by Crippen LogP contribution is 2.48. The van der Waals surface area contributed by atoms with Crippen LogP contribution in [0.4, 0.5) is 0 Å². The van der Waals surface area contributed by atoms with Gasteiger partial charge in [-0.05, 0) is 59.1 Å². The molecule has 0 unspecified atom stereocenters. The van der Waals surface area contributed by atoms with Gasteiger partial charge in [0.2, 0.25) is 5.88 Å². The zero-order valence-corrected chi connectivity index (χ0v) is 35.9. The number of hydrogen-bond donors (Lipinski definition) is 2. The average molecular weight is 781 g/mol. The van der Waals surface area contributed by atoms with Crippen LogP contribution in [0.1, 0.15) is 144 Å². The Morgan fingerprint density at radius 2 is 1.05 bits per heavy atom. The van der Waals surface area contributed by atoms with E-state index >= 15 is 14.4 Å². The highest BCUT2D eigenvalue weighted by molar-refractivity contribution is 6.44. The first-order chi connectivity index (χ1) is 27.7. The summed E-state index contributed by atoms with van der Waals surface area (Å²) in [5.41, 5.74) is 3.36. The summed E-state index contributed by atoms with van der Waals surface area (Å²) in [6, 6.07) is 12.5.